The maximum atomic E-state index is 10.6. The lowest BCUT2D eigenvalue weighted by molar-refractivity contribution is 0.233. The highest BCUT2D eigenvalue weighted by Gasteiger charge is 1.90. The summed E-state index contributed by atoms with van der Waals surface area (Å²) in [6.07, 6.45) is 1.30. The Morgan fingerprint density at radius 3 is 2.56 bits per heavy atom. The molecule has 4 N–H and O–H groups in total. The van der Waals surface area contributed by atoms with Gasteiger partial charge in [-0.25, -0.2) is 9.69 Å². The Hall–Kier alpha value is -0.750. The summed E-state index contributed by atoms with van der Waals surface area (Å²) in [5.74, 6) is 2.87. The Labute approximate surface area is 53.7 Å². The molecule has 6 heteroatoms. The Kier molecular flexibility index (Phi) is 2.47. The number of rotatable bonds is 1. The molecule has 1 unspecified atom stereocenters. The molecular formula is C3H9N3O2S. The molecular weight excluding hydrogens is 142 g/mol. The summed E-state index contributed by atoms with van der Waals surface area (Å²) < 4.78 is 13.9. The van der Waals surface area contributed by atoms with Crippen molar-refractivity contribution in [3.8, 4) is 0 Å². The van der Waals surface area contributed by atoms with E-state index in [1.165, 1.54) is 11.7 Å². The molecule has 0 aromatic heterocycles. The van der Waals surface area contributed by atoms with Crippen LogP contribution in [0.25, 0.3) is 0 Å². The topological polar surface area (TPSA) is 87.7 Å². The van der Waals surface area contributed by atoms with Crippen LogP contribution in [0.3, 0.4) is 0 Å². The normalized spacial score (nSPS) is 18.7. The van der Waals surface area contributed by atoms with Gasteiger partial charge in [0.05, 0.1) is 9.71 Å². The third-order valence-electron chi connectivity index (χ3n) is 0.406. The maximum Gasteiger partial charge on any atom is 0.226 e. The van der Waals surface area contributed by atoms with Crippen LogP contribution in [0.15, 0.2) is 4.40 Å². The van der Waals surface area contributed by atoms with Gasteiger partial charge in [0.25, 0.3) is 0 Å². The number of hydrogen-bond donors (Lipinski definition) is 3. The smallest absolute Gasteiger partial charge is 0.226 e. The van der Waals surface area contributed by atoms with Gasteiger partial charge in [0.2, 0.25) is 5.96 Å². The first-order valence-electron chi connectivity index (χ1n) is 2.03. The van der Waals surface area contributed by atoms with E-state index in [-0.39, 0.29) is 5.96 Å². The van der Waals surface area contributed by atoms with Crippen LogP contribution in [0.2, 0.25) is 0 Å². The lowest BCUT2D eigenvalue weighted by Crippen LogP contribution is -2.29. The van der Waals surface area contributed by atoms with Crippen molar-refractivity contribution < 1.29 is 9.42 Å². The van der Waals surface area contributed by atoms with Crippen LogP contribution in [-0.2, 0) is 9.71 Å². The Morgan fingerprint density at radius 1 is 2.00 bits per heavy atom. The molecule has 0 aromatic rings. The van der Waals surface area contributed by atoms with Gasteiger partial charge in [-0.05, 0) is 5.87 Å². The summed E-state index contributed by atoms with van der Waals surface area (Å²) in [5, 5.41) is 8.04. The highest BCUT2D eigenvalue weighted by Crippen LogP contribution is 1.80. The quantitative estimate of drug-likeness (QED) is 0.185. The van der Waals surface area contributed by atoms with E-state index >= 15 is 0 Å². The molecule has 0 saturated carbocycles. The Balaban J connectivity index is 4.32. The van der Waals surface area contributed by atoms with E-state index in [1.54, 1.807) is 0 Å². The van der Waals surface area contributed by atoms with Crippen molar-refractivity contribution in [3.63, 3.8) is 0 Å². The van der Waals surface area contributed by atoms with Crippen LogP contribution in [0, 0.1) is 0 Å². The van der Waals surface area contributed by atoms with E-state index in [0.717, 1.165) is 0 Å². The van der Waals surface area contributed by atoms with Crippen molar-refractivity contribution >= 4 is 21.5 Å². The molecule has 54 valence electrons. The summed E-state index contributed by atoms with van der Waals surface area (Å²) in [6.45, 7) is 0. The largest absolute Gasteiger partial charge is 0.367 e. The van der Waals surface area contributed by atoms with E-state index in [9.17, 15) is 4.21 Å². The summed E-state index contributed by atoms with van der Waals surface area (Å²) in [5.41, 5.74) is 6.46. The molecule has 0 amide bonds. The minimum atomic E-state index is -2.50. The minimum absolute atomic E-state index is 0.294. The van der Waals surface area contributed by atoms with Crippen molar-refractivity contribution in [1.29, 1.82) is 0 Å². The zero-order valence-electron chi connectivity index (χ0n) is 5.00. The lowest BCUT2D eigenvalue weighted by Gasteiger charge is -1.95. The van der Waals surface area contributed by atoms with Crippen molar-refractivity contribution in [2.45, 2.75) is 0 Å². The van der Waals surface area contributed by atoms with E-state index in [1.807, 2.05) is 0 Å². The van der Waals surface area contributed by atoms with Crippen molar-refractivity contribution in [2.24, 2.45) is 10.1 Å². The predicted molar refractivity (Wildman–Crippen MR) is 37.7 cm³/mol. The van der Waals surface area contributed by atoms with Crippen molar-refractivity contribution in [3.05, 3.63) is 0 Å². The van der Waals surface area contributed by atoms with Crippen LogP contribution in [0.4, 0.5) is 0 Å². The fourth-order valence-corrected chi connectivity index (χ4v) is 0.685. The van der Waals surface area contributed by atoms with Crippen molar-refractivity contribution in [2.75, 3.05) is 6.26 Å². The maximum absolute atomic E-state index is 10.6. The lowest BCUT2D eigenvalue weighted by atomic mass is 11.1. The number of hydrogen-bond acceptors (Lipinski definition) is 2. The second kappa shape index (κ2) is 2.70. The zero-order chi connectivity index (χ0) is 7.49. The first kappa shape index (κ1) is 8.25. The Bertz CT molecular complexity index is 205. The van der Waals surface area contributed by atoms with Crippen LogP contribution >= 0.6 is 0 Å². The van der Waals surface area contributed by atoms with Gasteiger partial charge in [-0.15, -0.1) is 0 Å². The summed E-state index contributed by atoms with van der Waals surface area (Å²) in [4.78, 5) is 0. The molecule has 0 bridgehead atoms. The molecule has 0 radical (unpaired) electrons. The molecule has 0 fully saturated rings. The van der Waals surface area contributed by atoms with Crippen molar-refractivity contribution in [1.82, 2.24) is 5.48 Å². The van der Waals surface area contributed by atoms with Gasteiger partial charge in [0.1, 0.15) is 0 Å². The van der Waals surface area contributed by atoms with E-state index < -0.39 is 9.71 Å². The summed E-state index contributed by atoms with van der Waals surface area (Å²) in [7, 11) is -2.50. The van der Waals surface area contributed by atoms with Gasteiger partial charge >= 0.3 is 0 Å². The molecule has 9 heavy (non-hydrogen) atoms. The second-order valence-corrected chi connectivity index (χ2v) is 3.65. The van der Waals surface area contributed by atoms with E-state index in [0.29, 0.717) is 0 Å². The molecule has 0 rings (SSSR count). The molecule has 0 aliphatic heterocycles. The Morgan fingerprint density at radius 2 is 2.44 bits per heavy atom. The third kappa shape index (κ3) is 5.12. The standard InChI is InChI=1S/C3H9N3O2S/c1-9(2,8)6-3(4)5-7/h7H,1H2,2H3,(H3,4,5,6,8). The molecule has 5 nitrogen and oxygen atoms in total. The number of nitrogens with one attached hydrogen (secondary N) is 1. The molecule has 0 aromatic carbocycles. The number of nitrogens with zero attached hydrogens (tertiary/aromatic N) is 1. The van der Waals surface area contributed by atoms with E-state index in [4.69, 9.17) is 10.9 Å². The summed E-state index contributed by atoms with van der Waals surface area (Å²) in [6, 6.07) is 0. The zero-order valence-corrected chi connectivity index (χ0v) is 5.81. The van der Waals surface area contributed by atoms with Crippen LogP contribution in [0.1, 0.15) is 0 Å². The monoisotopic (exact) mass is 151 g/mol. The SMILES string of the molecule is C=S(C)(=O)N=C(N)NO. The average Bonchev–Trinajstić information content (AvgIpc) is 1.62. The molecule has 0 aliphatic carbocycles. The fourth-order valence-electron chi connectivity index (χ4n) is 0.228. The fraction of sp³-hybridized carbons (Fsp3) is 0.333. The van der Waals surface area contributed by atoms with Crippen LogP contribution in [0.5, 0.6) is 0 Å². The van der Waals surface area contributed by atoms with Gasteiger partial charge in [-0.1, -0.05) is 0 Å². The highest BCUT2D eigenvalue weighted by atomic mass is 32.2. The highest BCUT2D eigenvalue weighted by molar-refractivity contribution is 7.98. The molecule has 1 atom stereocenters. The third-order valence-corrected chi connectivity index (χ3v) is 0.989. The second-order valence-electron chi connectivity index (χ2n) is 1.55. The first-order chi connectivity index (χ1) is 3.95. The van der Waals surface area contributed by atoms with Crippen LogP contribution < -0.4 is 11.2 Å². The number of hydroxylamine groups is 1. The molecule has 0 spiro atoms. The predicted octanol–water partition coefficient (Wildman–Crippen LogP) is -1.46. The first-order valence-corrected chi connectivity index (χ1v) is 4.12. The van der Waals surface area contributed by atoms with Gasteiger partial charge in [0.15, 0.2) is 0 Å². The van der Waals surface area contributed by atoms with Gasteiger partial charge in [-0.3, -0.25) is 5.21 Å². The van der Waals surface area contributed by atoms with Crippen LogP contribution in [-0.4, -0.2) is 27.5 Å². The number of nitrogens with two attached hydrogens (primary N) is 1. The van der Waals surface area contributed by atoms with E-state index in [2.05, 4.69) is 10.3 Å². The van der Waals surface area contributed by atoms with Gasteiger partial charge in [0, 0.05) is 6.26 Å². The summed E-state index contributed by atoms with van der Waals surface area (Å²) >= 11 is 0. The molecule has 0 heterocycles. The number of guanidine groups is 1. The van der Waals surface area contributed by atoms with Gasteiger partial charge < -0.3 is 5.73 Å². The molecule has 0 saturated heterocycles. The molecule has 0 aliphatic rings. The average molecular weight is 151 g/mol. The van der Waals surface area contributed by atoms with Gasteiger partial charge in [-0.2, -0.15) is 4.40 Å². The minimum Gasteiger partial charge on any atom is -0.367 e.